The number of aromatic nitrogens is 3. The van der Waals surface area contributed by atoms with Crippen LogP contribution < -0.4 is 0 Å². The maximum atomic E-state index is 11.0. The van der Waals surface area contributed by atoms with Gasteiger partial charge in [-0.1, -0.05) is 127 Å². The molecule has 0 aliphatic carbocycles. The van der Waals surface area contributed by atoms with E-state index in [2.05, 4.69) is 17.1 Å². The normalized spacial score (nSPS) is 11.2. The van der Waals surface area contributed by atoms with Gasteiger partial charge < -0.3 is 5.11 Å². The highest BCUT2D eigenvalue weighted by molar-refractivity contribution is 7.99. The van der Waals surface area contributed by atoms with Gasteiger partial charge in [-0.05, 0) is 18.6 Å². The van der Waals surface area contributed by atoms with Gasteiger partial charge in [0.1, 0.15) is 5.82 Å². The van der Waals surface area contributed by atoms with Crippen molar-refractivity contribution in [1.29, 1.82) is 0 Å². The highest BCUT2D eigenvalue weighted by Gasteiger charge is 2.15. The van der Waals surface area contributed by atoms with E-state index in [9.17, 15) is 4.79 Å². The van der Waals surface area contributed by atoms with E-state index in [1.807, 2.05) is 34.9 Å². The van der Waals surface area contributed by atoms with Crippen LogP contribution >= 0.6 is 11.8 Å². The molecule has 0 saturated heterocycles. The standard InChI is InChI=1S/C27H43N3O2S/c1-2-3-4-5-6-7-8-9-10-11-12-13-14-15-19-22-25-28-29-27(33-23-26(31)32)30(25)24-20-17-16-18-21-24/h16-18,20-21H,2-15,19,22-23H2,1H3,(H,31,32). The van der Waals surface area contributed by atoms with Crippen LogP contribution in [0.4, 0.5) is 0 Å². The Labute approximate surface area is 204 Å². The minimum Gasteiger partial charge on any atom is -0.481 e. The van der Waals surface area contributed by atoms with Gasteiger partial charge in [0.15, 0.2) is 5.16 Å². The Bertz CT molecular complexity index is 764. The van der Waals surface area contributed by atoms with Gasteiger partial charge in [-0.15, -0.1) is 10.2 Å². The van der Waals surface area contributed by atoms with Gasteiger partial charge in [-0.3, -0.25) is 9.36 Å². The average molecular weight is 474 g/mol. The molecule has 0 atom stereocenters. The number of carboxylic acid groups (broad SMARTS) is 1. The Hall–Kier alpha value is -1.82. The summed E-state index contributed by atoms with van der Waals surface area (Å²) in [5.41, 5.74) is 0.992. The lowest BCUT2D eigenvalue weighted by Crippen LogP contribution is -2.05. The second kappa shape index (κ2) is 17.6. The Kier molecular flexibility index (Phi) is 14.7. The van der Waals surface area contributed by atoms with E-state index in [1.54, 1.807) is 0 Å². The fourth-order valence-electron chi connectivity index (χ4n) is 4.17. The molecule has 0 fully saturated rings. The van der Waals surface area contributed by atoms with Crippen molar-refractivity contribution in [3.63, 3.8) is 0 Å². The summed E-state index contributed by atoms with van der Waals surface area (Å²) in [5.74, 6) is 0.0690. The number of para-hydroxylation sites is 1. The van der Waals surface area contributed by atoms with Crippen LogP contribution in [0.1, 0.15) is 109 Å². The fourth-order valence-corrected chi connectivity index (χ4v) is 4.86. The zero-order valence-electron chi connectivity index (χ0n) is 20.5. The van der Waals surface area contributed by atoms with Gasteiger partial charge in [0.25, 0.3) is 0 Å². The summed E-state index contributed by atoms with van der Waals surface area (Å²) in [6.45, 7) is 2.28. The van der Waals surface area contributed by atoms with Gasteiger partial charge in [0, 0.05) is 12.1 Å². The van der Waals surface area contributed by atoms with Crippen molar-refractivity contribution in [2.24, 2.45) is 0 Å². The van der Waals surface area contributed by atoms with Crippen LogP contribution in [0.2, 0.25) is 0 Å². The Morgan fingerprint density at radius 3 is 1.82 bits per heavy atom. The van der Waals surface area contributed by atoms with E-state index in [4.69, 9.17) is 5.11 Å². The molecule has 6 heteroatoms. The third kappa shape index (κ3) is 11.7. The number of aliphatic carboxylic acids is 1. The monoisotopic (exact) mass is 473 g/mol. The van der Waals surface area contributed by atoms with Gasteiger partial charge in [0.2, 0.25) is 0 Å². The first-order valence-corrected chi connectivity index (χ1v) is 14.0. The summed E-state index contributed by atoms with van der Waals surface area (Å²) in [4.78, 5) is 11.0. The highest BCUT2D eigenvalue weighted by Crippen LogP contribution is 2.23. The minimum absolute atomic E-state index is 0.00999. The third-order valence-electron chi connectivity index (χ3n) is 6.04. The SMILES string of the molecule is CCCCCCCCCCCCCCCCCc1nnc(SCC(=O)O)n1-c1ccccc1. The first-order chi connectivity index (χ1) is 16.2. The largest absolute Gasteiger partial charge is 0.481 e. The van der Waals surface area contributed by atoms with Crippen molar-refractivity contribution in [2.75, 3.05) is 5.75 Å². The predicted octanol–water partition coefficient (Wildman–Crippen LogP) is 7.86. The number of nitrogens with zero attached hydrogens (tertiary/aromatic N) is 3. The summed E-state index contributed by atoms with van der Waals surface area (Å²) in [5, 5.41) is 18.3. The number of thioether (sulfide) groups is 1. The number of benzene rings is 1. The molecule has 0 unspecified atom stereocenters. The highest BCUT2D eigenvalue weighted by atomic mass is 32.2. The lowest BCUT2D eigenvalue weighted by atomic mass is 10.0. The molecule has 0 aliphatic rings. The second-order valence-electron chi connectivity index (χ2n) is 8.95. The quantitative estimate of drug-likeness (QED) is 0.157. The van der Waals surface area contributed by atoms with Gasteiger partial charge in [-0.2, -0.15) is 0 Å². The topological polar surface area (TPSA) is 68.0 Å². The van der Waals surface area contributed by atoms with Crippen LogP contribution in [0.3, 0.4) is 0 Å². The zero-order valence-corrected chi connectivity index (χ0v) is 21.3. The van der Waals surface area contributed by atoms with Crippen LogP contribution in [-0.4, -0.2) is 31.6 Å². The number of unbranched alkanes of at least 4 members (excludes halogenated alkanes) is 14. The van der Waals surface area contributed by atoms with Crippen LogP contribution in [0.15, 0.2) is 35.5 Å². The van der Waals surface area contributed by atoms with Crippen LogP contribution in [0.5, 0.6) is 0 Å². The summed E-state index contributed by atoms with van der Waals surface area (Å²) >= 11 is 1.22. The van der Waals surface area contributed by atoms with E-state index in [1.165, 1.54) is 102 Å². The number of carbonyl (C=O) groups is 1. The molecule has 33 heavy (non-hydrogen) atoms. The number of carboxylic acids is 1. The first kappa shape index (κ1) is 27.4. The van der Waals surface area contributed by atoms with Crippen LogP contribution in [-0.2, 0) is 11.2 Å². The van der Waals surface area contributed by atoms with Crippen molar-refractivity contribution in [1.82, 2.24) is 14.8 Å². The minimum atomic E-state index is -0.841. The summed E-state index contributed by atoms with van der Waals surface area (Å²) in [6.07, 6.45) is 21.2. The smallest absolute Gasteiger partial charge is 0.313 e. The predicted molar refractivity (Wildman–Crippen MR) is 138 cm³/mol. The van der Waals surface area contributed by atoms with Crippen molar-refractivity contribution >= 4 is 17.7 Å². The molecule has 1 aromatic carbocycles. The molecule has 0 saturated carbocycles. The number of aryl methyl sites for hydroxylation is 1. The molecule has 1 aromatic heterocycles. The summed E-state index contributed by atoms with van der Waals surface area (Å²) < 4.78 is 2.01. The average Bonchev–Trinajstić information content (AvgIpc) is 3.23. The van der Waals surface area contributed by atoms with Crippen molar-refractivity contribution in [3.8, 4) is 5.69 Å². The summed E-state index contributed by atoms with van der Waals surface area (Å²) in [6, 6.07) is 9.98. The summed E-state index contributed by atoms with van der Waals surface area (Å²) in [7, 11) is 0. The zero-order chi connectivity index (χ0) is 23.6. The van der Waals surface area contributed by atoms with Crippen LogP contribution in [0.25, 0.3) is 5.69 Å². The molecule has 0 amide bonds. The third-order valence-corrected chi connectivity index (χ3v) is 6.96. The van der Waals surface area contributed by atoms with E-state index in [-0.39, 0.29) is 5.75 Å². The molecule has 5 nitrogen and oxygen atoms in total. The fraction of sp³-hybridized carbons (Fsp3) is 0.667. The number of hydrogen-bond acceptors (Lipinski definition) is 4. The molecular formula is C27H43N3O2S. The number of rotatable bonds is 20. The number of hydrogen-bond donors (Lipinski definition) is 1. The molecule has 2 aromatic rings. The molecule has 0 spiro atoms. The maximum absolute atomic E-state index is 11.0. The van der Waals surface area contributed by atoms with Crippen molar-refractivity contribution in [3.05, 3.63) is 36.2 Å². The van der Waals surface area contributed by atoms with Crippen molar-refractivity contribution < 1.29 is 9.90 Å². The molecule has 2 rings (SSSR count). The van der Waals surface area contributed by atoms with E-state index in [0.29, 0.717) is 5.16 Å². The lowest BCUT2D eigenvalue weighted by molar-refractivity contribution is -0.133. The van der Waals surface area contributed by atoms with Crippen LogP contribution in [0, 0.1) is 0 Å². The molecule has 1 heterocycles. The molecule has 0 bridgehead atoms. The van der Waals surface area contributed by atoms with E-state index >= 15 is 0 Å². The van der Waals surface area contributed by atoms with E-state index < -0.39 is 5.97 Å². The van der Waals surface area contributed by atoms with Crippen molar-refractivity contribution in [2.45, 2.75) is 115 Å². The van der Waals surface area contributed by atoms with Gasteiger partial charge in [-0.25, -0.2) is 0 Å². The second-order valence-corrected chi connectivity index (χ2v) is 9.89. The first-order valence-electron chi connectivity index (χ1n) is 13.1. The Morgan fingerprint density at radius 2 is 1.30 bits per heavy atom. The molecule has 1 N–H and O–H groups in total. The lowest BCUT2D eigenvalue weighted by Gasteiger charge is -2.09. The Balaban J connectivity index is 1.59. The molecule has 0 aliphatic heterocycles. The molecular weight excluding hydrogens is 430 g/mol. The Morgan fingerprint density at radius 1 is 0.788 bits per heavy atom. The van der Waals surface area contributed by atoms with Gasteiger partial charge >= 0.3 is 5.97 Å². The molecule has 0 radical (unpaired) electrons. The van der Waals surface area contributed by atoms with Gasteiger partial charge in [0.05, 0.1) is 5.75 Å². The maximum Gasteiger partial charge on any atom is 0.313 e. The van der Waals surface area contributed by atoms with E-state index in [0.717, 1.165) is 24.4 Å². The molecule has 184 valence electrons.